The fourth-order valence-electron chi connectivity index (χ4n) is 2.71. The Hall–Kier alpha value is -3.54. The first-order valence-electron chi connectivity index (χ1n) is 9.39. The normalized spacial score (nSPS) is 11.0. The number of nitrogens with zero attached hydrogens (tertiary/aromatic N) is 2. The number of nitrogens with one attached hydrogen (secondary N) is 2. The minimum absolute atomic E-state index is 0.0433. The molecule has 0 saturated carbocycles. The Morgan fingerprint density at radius 3 is 2.21 bits per heavy atom. The summed E-state index contributed by atoms with van der Waals surface area (Å²) in [6.45, 7) is 6.74. The Balaban J connectivity index is 1.65. The quantitative estimate of drug-likeness (QED) is 0.693. The monoisotopic (exact) mass is 388 g/mol. The standard InChI is InChI=1S/C23H24N4O2/c1-23(2,3)17-9-11-18(12-10-17)26-22(29)20-8-4-7-19(27-20)21(28)25-15-16-6-5-13-24-14-16/h4-14H,15H2,1-3H3,(H,25,28)(H,26,29). The Bertz CT molecular complexity index is 993. The molecule has 0 aliphatic rings. The maximum Gasteiger partial charge on any atom is 0.274 e. The molecule has 2 aromatic heterocycles. The average Bonchev–Trinajstić information content (AvgIpc) is 2.72. The maximum absolute atomic E-state index is 12.5. The Kier molecular flexibility index (Phi) is 6.02. The van der Waals surface area contributed by atoms with Gasteiger partial charge in [-0.15, -0.1) is 0 Å². The van der Waals surface area contributed by atoms with E-state index in [0.717, 1.165) is 5.56 Å². The van der Waals surface area contributed by atoms with E-state index < -0.39 is 0 Å². The van der Waals surface area contributed by atoms with Crippen molar-refractivity contribution in [1.82, 2.24) is 15.3 Å². The molecule has 2 heterocycles. The van der Waals surface area contributed by atoms with Gasteiger partial charge in [0.15, 0.2) is 0 Å². The maximum atomic E-state index is 12.5. The van der Waals surface area contributed by atoms with E-state index in [1.54, 1.807) is 36.7 Å². The molecule has 0 aliphatic heterocycles. The summed E-state index contributed by atoms with van der Waals surface area (Å²) in [6.07, 6.45) is 3.36. The lowest BCUT2D eigenvalue weighted by Crippen LogP contribution is -2.25. The van der Waals surface area contributed by atoms with E-state index in [1.165, 1.54) is 5.56 Å². The van der Waals surface area contributed by atoms with Crippen LogP contribution in [0.25, 0.3) is 0 Å². The first-order chi connectivity index (χ1) is 13.8. The highest BCUT2D eigenvalue weighted by Crippen LogP contribution is 2.23. The summed E-state index contributed by atoms with van der Waals surface area (Å²) in [5.41, 5.74) is 3.15. The van der Waals surface area contributed by atoms with E-state index in [2.05, 4.69) is 41.4 Å². The third kappa shape index (κ3) is 5.48. The zero-order valence-electron chi connectivity index (χ0n) is 16.8. The lowest BCUT2D eigenvalue weighted by atomic mass is 9.87. The number of aromatic nitrogens is 2. The van der Waals surface area contributed by atoms with E-state index >= 15 is 0 Å². The average molecular weight is 388 g/mol. The van der Waals surface area contributed by atoms with E-state index in [9.17, 15) is 9.59 Å². The van der Waals surface area contributed by atoms with Crippen molar-refractivity contribution in [2.24, 2.45) is 0 Å². The van der Waals surface area contributed by atoms with Gasteiger partial charge in [-0.1, -0.05) is 45.0 Å². The molecule has 0 spiro atoms. The molecule has 148 valence electrons. The summed E-state index contributed by atoms with van der Waals surface area (Å²) in [5, 5.41) is 5.60. The van der Waals surface area contributed by atoms with Gasteiger partial charge in [-0.25, -0.2) is 4.98 Å². The zero-order valence-corrected chi connectivity index (χ0v) is 16.8. The number of carbonyl (C=O) groups is 2. The van der Waals surface area contributed by atoms with Crippen molar-refractivity contribution in [3.05, 3.63) is 89.5 Å². The second-order valence-corrected chi connectivity index (χ2v) is 7.73. The van der Waals surface area contributed by atoms with Gasteiger partial charge in [0.05, 0.1) is 0 Å². The molecule has 2 N–H and O–H groups in total. The van der Waals surface area contributed by atoms with Crippen LogP contribution in [0.1, 0.15) is 52.9 Å². The Morgan fingerprint density at radius 2 is 1.59 bits per heavy atom. The number of hydrogen-bond donors (Lipinski definition) is 2. The topological polar surface area (TPSA) is 84.0 Å². The molecule has 3 rings (SSSR count). The number of hydrogen-bond acceptors (Lipinski definition) is 4. The van der Waals surface area contributed by atoms with Crippen LogP contribution in [0.3, 0.4) is 0 Å². The summed E-state index contributed by atoms with van der Waals surface area (Å²) in [5.74, 6) is -0.714. The van der Waals surface area contributed by atoms with Gasteiger partial charge in [-0.2, -0.15) is 0 Å². The summed E-state index contributed by atoms with van der Waals surface area (Å²) in [4.78, 5) is 33.1. The molecule has 29 heavy (non-hydrogen) atoms. The van der Waals surface area contributed by atoms with Crippen LogP contribution in [0, 0.1) is 0 Å². The fraction of sp³-hybridized carbons (Fsp3) is 0.217. The van der Waals surface area contributed by atoms with E-state index in [0.29, 0.717) is 12.2 Å². The smallest absolute Gasteiger partial charge is 0.274 e. The molecule has 3 aromatic rings. The van der Waals surface area contributed by atoms with E-state index in [1.807, 2.05) is 30.3 Å². The molecular formula is C23H24N4O2. The summed E-state index contributed by atoms with van der Waals surface area (Å²) in [7, 11) is 0. The van der Waals surface area contributed by atoms with Gasteiger partial charge in [-0.3, -0.25) is 14.6 Å². The lowest BCUT2D eigenvalue weighted by Gasteiger charge is -2.19. The van der Waals surface area contributed by atoms with Crippen LogP contribution in [0.2, 0.25) is 0 Å². The van der Waals surface area contributed by atoms with Crippen LogP contribution in [0.4, 0.5) is 5.69 Å². The van der Waals surface area contributed by atoms with Crippen LogP contribution in [0.15, 0.2) is 67.0 Å². The van der Waals surface area contributed by atoms with Crippen molar-refractivity contribution in [2.75, 3.05) is 5.32 Å². The number of anilines is 1. The summed E-state index contributed by atoms with van der Waals surface area (Å²) < 4.78 is 0. The predicted octanol–water partition coefficient (Wildman–Crippen LogP) is 3.96. The minimum atomic E-state index is -0.365. The van der Waals surface area contributed by atoms with Gasteiger partial charge in [0.1, 0.15) is 11.4 Å². The molecule has 0 saturated heterocycles. The molecule has 0 atom stereocenters. The van der Waals surface area contributed by atoms with Gasteiger partial charge < -0.3 is 10.6 Å². The van der Waals surface area contributed by atoms with Gasteiger partial charge >= 0.3 is 0 Å². The van der Waals surface area contributed by atoms with Crippen LogP contribution in [-0.4, -0.2) is 21.8 Å². The highest BCUT2D eigenvalue weighted by atomic mass is 16.2. The van der Waals surface area contributed by atoms with Gasteiger partial charge in [0, 0.05) is 24.6 Å². The molecule has 0 radical (unpaired) electrons. The van der Waals surface area contributed by atoms with Crippen molar-refractivity contribution in [2.45, 2.75) is 32.7 Å². The van der Waals surface area contributed by atoms with E-state index in [4.69, 9.17) is 0 Å². The van der Waals surface area contributed by atoms with Crippen molar-refractivity contribution in [3.63, 3.8) is 0 Å². The number of rotatable bonds is 5. The molecule has 6 heteroatoms. The van der Waals surface area contributed by atoms with Crippen molar-refractivity contribution in [3.8, 4) is 0 Å². The fourth-order valence-corrected chi connectivity index (χ4v) is 2.71. The second-order valence-electron chi connectivity index (χ2n) is 7.73. The van der Waals surface area contributed by atoms with Gasteiger partial charge in [0.2, 0.25) is 0 Å². The van der Waals surface area contributed by atoms with E-state index in [-0.39, 0.29) is 28.6 Å². The first kappa shape index (κ1) is 20.2. The summed E-state index contributed by atoms with van der Waals surface area (Å²) in [6, 6.07) is 16.2. The molecule has 0 aliphatic carbocycles. The second kappa shape index (κ2) is 8.65. The summed E-state index contributed by atoms with van der Waals surface area (Å²) >= 11 is 0. The van der Waals surface area contributed by atoms with Crippen molar-refractivity contribution in [1.29, 1.82) is 0 Å². The third-order valence-corrected chi connectivity index (χ3v) is 4.40. The Morgan fingerprint density at radius 1 is 0.897 bits per heavy atom. The molecule has 6 nitrogen and oxygen atoms in total. The first-order valence-corrected chi connectivity index (χ1v) is 9.39. The van der Waals surface area contributed by atoms with Crippen LogP contribution >= 0.6 is 0 Å². The molecule has 0 bridgehead atoms. The third-order valence-electron chi connectivity index (χ3n) is 4.40. The SMILES string of the molecule is CC(C)(C)c1ccc(NC(=O)c2cccc(C(=O)NCc3cccnc3)n2)cc1. The largest absolute Gasteiger partial charge is 0.347 e. The number of carbonyl (C=O) groups excluding carboxylic acids is 2. The van der Waals surface area contributed by atoms with Gasteiger partial charge in [0.25, 0.3) is 11.8 Å². The number of pyridine rings is 2. The van der Waals surface area contributed by atoms with Crippen LogP contribution in [-0.2, 0) is 12.0 Å². The minimum Gasteiger partial charge on any atom is -0.347 e. The molecule has 0 fully saturated rings. The highest BCUT2D eigenvalue weighted by Gasteiger charge is 2.15. The lowest BCUT2D eigenvalue weighted by molar-refractivity contribution is 0.0945. The molecule has 0 unspecified atom stereocenters. The predicted molar refractivity (Wildman–Crippen MR) is 113 cm³/mol. The van der Waals surface area contributed by atoms with Crippen LogP contribution < -0.4 is 10.6 Å². The number of benzene rings is 1. The zero-order chi connectivity index (χ0) is 20.9. The Labute approximate surface area is 170 Å². The van der Waals surface area contributed by atoms with Crippen LogP contribution in [0.5, 0.6) is 0 Å². The highest BCUT2D eigenvalue weighted by molar-refractivity contribution is 6.03. The van der Waals surface area contributed by atoms with Crippen molar-refractivity contribution >= 4 is 17.5 Å². The number of amides is 2. The molecular weight excluding hydrogens is 364 g/mol. The van der Waals surface area contributed by atoms with Crippen molar-refractivity contribution < 1.29 is 9.59 Å². The molecule has 2 amide bonds. The van der Waals surface area contributed by atoms with Gasteiger partial charge in [-0.05, 0) is 46.9 Å². The molecule has 1 aromatic carbocycles.